The molecule has 0 amide bonds. The zero-order valence-electron chi connectivity index (χ0n) is 11.6. The van der Waals surface area contributed by atoms with Crippen molar-refractivity contribution in [1.29, 1.82) is 0 Å². The minimum Gasteiger partial charge on any atom is -0.314 e. The van der Waals surface area contributed by atoms with Crippen LogP contribution in [0.1, 0.15) is 22.7 Å². The Morgan fingerprint density at radius 1 is 1.15 bits per heavy atom. The summed E-state index contributed by atoms with van der Waals surface area (Å²) in [7, 11) is 0. The van der Waals surface area contributed by atoms with Gasteiger partial charge < -0.3 is 5.32 Å². The first-order valence-corrected chi connectivity index (χ1v) is 6.48. The molecule has 0 bridgehead atoms. The first kappa shape index (κ1) is 17.3. The minimum atomic E-state index is -4.24. The summed E-state index contributed by atoms with van der Waals surface area (Å²) in [6, 6.07) is 3.69. The second kappa shape index (κ2) is 6.78. The maximum atomic E-state index is 13.4. The van der Waals surface area contributed by atoms with E-state index < -0.39 is 12.2 Å². The molecule has 1 heterocycles. The van der Waals surface area contributed by atoms with Crippen molar-refractivity contribution in [2.45, 2.75) is 26.1 Å². The van der Waals surface area contributed by atoms with Crippen molar-refractivity contribution in [3.63, 3.8) is 0 Å². The normalized spacial score (nSPS) is 18.4. The van der Waals surface area contributed by atoms with E-state index in [0.29, 0.717) is 37.3 Å². The van der Waals surface area contributed by atoms with E-state index in [1.807, 2.05) is 13.0 Å². The highest BCUT2D eigenvalue weighted by Gasteiger charge is 2.45. The molecular formula is C14H20ClF3N2. The van der Waals surface area contributed by atoms with Gasteiger partial charge in [0.15, 0.2) is 0 Å². The maximum Gasteiger partial charge on any atom is 0.408 e. The van der Waals surface area contributed by atoms with Gasteiger partial charge in [-0.25, -0.2) is 0 Å². The van der Waals surface area contributed by atoms with Crippen LogP contribution in [0.2, 0.25) is 0 Å². The van der Waals surface area contributed by atoms with Crippen molar-refractivity contribution < 1.29 is 13.2 Å². The molecule has 6 heteroatoms. The summed E-state index contributed by atoms with van der Waals surface area (Å²) in [5.41, 5.74) is 2.07. The van der Waals surface area contributed by atoms with E-state index in [0.717, 1.165) is 5.56 Å². The SMILES string of the molecule is Cc1ccc([C@@H](N2CCNCC2)C(F)(F)F)c(C)c1.Cl. The average molecular weight is 309 g/mol. The minimum absolute atomic E-state index is 0. The molecule has 20 heavy (non-hydrogen) atoms. The number of alkyl halides is 3. The monoisotopic (exact) mass is 308 g/mol. The predicted molar refractivity (Wildman–Crippen MR) is 76.4 cm³/mol. The molecule has 2 rings (SSSR count). The number of hydrogen-bond acceptors (Lipinski definition) is 2. The van der Waals surface area contributed by atoms with Crippen LogP contribution in [0, 0.1) is 13.8 Å². The number of nitrogens with zero attached hydrogens (tertiary/aromatic N) is 1. The van der Waals surface area contributed by atoms with Gasteiger partial charge in [-0.05, 0) is 25.0 Å². The third-order valence-corrected chi connectivity index (χ3v) is 3.55. The third kappa shape index (κ3) is 3.87. The molecule has 1 aromatic carbocycles. The lowest BCUT2D eigenvalue weighted by Gasteiger charge is -2.36. The maximum absolute atomic E-state index is 13.4. The van der Waals surface area contributed by atoms with Gasteiger partial charge in [0.2, 0.25) is 0 Å². The van der Waals surface area contributed by atoms with Crippen LogP contribution in [-0.2, 0) is 0 Å². The summed E-state index contributed by atoms with van der Waals surface area (Å²) in [5, 5.41) is 3.09. The number of aryl methyl sites for hydroxylation is 2. The zero-order valence-corrected chi connectivity index (χ0v) is 12.4. The summed E-state index contributed by atoms with van der Waals surface area (Å²) in [6.07, 6.45) is -4.24. The lowest BCUT2D eigenvalue weighted by Crippen LogP contribution is -2.49. The van der Waals surface area contributed by atoms with E-state index in [-0.39, 0.29) is 12.4 Å². The van der Waals surface area contributed by atoms with Gasteiger partial charge in [-0.1, -0.05) is 23.8 Å². The van der Waals surface area contributed by atoms with Gasteiger partial charge in [0.05, 0.1) is 0 Å². The van der Waals surface area contributed by atoms with E-state index in [1.165, 1.54) is 4.90 Å². The molecule has 0 aliphatic carbocycles. The standard InChI is InChI=1S/C14H19F3N2.ClH/c1-10-3-4-12(11(2)9-10)13(14(15,16)17)19-7-5-18-6-8-19;/h3-4,9,13,18H,5-8H2,1-2H3;1H/t13-;/m1./s1. The van der Waals surface area contributed by atoms with Crippen molar-refractivity contribution in [1.82, 2.24) is 10.2 Å². The predicted octanol–water partition coefficient (Wildman–Crippen LogP) is 3.23. The van der Waals surface area contributed by atoms with Crippen LogP contribution >= 0.6 is 12.4 Å². The Hall–Kier alpha value is -0.780. The fourth-order valence-electron chi connectivity index (χ4n) is 2.65. The van der Waals surface area contributed by atoms with Gasteiger partial charge in [0.1, 0.15) is 6.04 Å². The van der Waals surface area contributed by atoms with Crippen molar-refractivity contribution in [3.05, 3.63) is 34.9 Å². The molecule has 1 aliphatic rings. The Morgan fingerprint density at radius 3 is 2.25 bits per heavy atom. The van der Waals surface area contributed by atoms with E-state index >= 15 is 0 Å². The van der Waals surface area contributed by atoms with Crippen molar-refractivity contribution in [2.24, 2.45) is 0 Å². The molecule has 0 unspecified atom stereocenters. The van der Waals surface area contributed by atoms with Gasteiger partial charge in [0.25, 0.3) is 0 Å². The molecular weight excluding hydrogens is 289 g/mol. The number of halogens is 4. The third-order valence-electron chi connectivity index (χ3n) is 3.55. The zero-order chi connectivity index (χ0) is 14.0. The van der Waals surface area contributed by atoms with Crippen molar-refractivity contribution in [3.8, 4) is 0 Å². The van der Waals surface area contributed by atoms with Crippen LogP contribution in [0.5, 0.6) is 0 Å². The molecule has 114 valence electrons. The number of benzene rings is 1. The molecule has 1 aliphatic heterocycles. The molecule has 1 atom stereocenters. The second-order valence-electron chi connectivity index (χ2n) is 5.09. The number of rotatable bonds is 2. The first-order valence-electron chi connectivity index (χ1n) is 6.48. The van der Waals surface area contributed by atoms with Crippen LogP contribution < -0.4 is 5.32 Å². The fraction of sp³-hybridized carbons (Fsp3) is 0.571. The van der Waals surface area contributed by atoms with E-state index in [4.69, 9.17) is 0 Å². The second-order valence-corrected chi connectivity index (χ2v) is 5.09. The summed E-state index contributed by atoms with van der Waals surface area (Å²) in [5.74, 6) is 0. The summed E-state index contributed by atoms with van der Waals surface area (Å²) < 4.78 is 40.2. The van der Waals surface area contributed by atoms with E-state index in [1.54, 1.807) is 19.1 Å². The van der Waals surface area contributed by atoms with Gasteiger partial charge in [-0.15, -0.1) is 12.4 Å². The molecule has 0 radical (unpaired) electrons. The fourth-order valence-corrected chi connectivity index (χ4v) is 2.65. The van der Waals surface area contributed by atoms with Crippen LogP contribution in [0.4, 0.5) is 13.2 Å². The first-order chi connectivity index (χ1) is 8.89. The molecule has 1 saturated heterocycles. The molecule has 1 fully saturated rings. The summed E-state index contributed by atoms with van der Waals surface area (Å²) in [6.45, 7) is 5.72. The van der Waals surface area contributed by atoms with Crippen molar-refractivity contribution >= 4 is 12.4 Å². The van der Waals surface area contributed by atoms with Crippen LogP contribution in [0.25, 0.3) is 0 Å². The van der Waals surface area contributed by atoms with Gasteiger partial charge in [-0.2, -0.15) is 13.2 Å². The number of nitrogens with one attached hydrogen (secondary N) is 1. The largest absolute Gasteiger partial charge is 0.408 e. The van der Waals surface area contributed by atoms with E-state index in [9.17, 15) is 13.2 Å². The summed E-state index contributed by atoms with van der Waals surface area (Å²) in [4.78, 5) is 1.52. The topological polar surface area (TPSA) is 15.3 Å². The molecule has 1 aromatic rings. The molecule has 1 N–H and O–H groups in total. The smallest absolute Gasteiger partial charge is 0.314 e. The Balaban J connectivity index is 0.00000200. The molecule has 2 nitrogen and oxygen atoms in total. The highest BCUT2D eigenvalue weighted by molar-refractivity contribution is 5.85. The van der Waals surface area contributed by atoms with E-state index in [2.05, 4.69) is 5.32 Å². The summed E-state index contributed by atoms with van der Waals surface area (Å²) >= 11 is 0. The van der Waals surface area contributed by atoms with Gasteiger partial charge in [-0.3, -0.25) is 4.90 Å². The number of piperazine rings is 1. The van der Waals surface area contributed by atoms with Crippen LogP contribution in [-0.4, -0.2) is 37.3 Å². The van der Waals surface area contributed by atoms with Crippen molar-refractivity contribution in [2.75, 3.05) is 26.2 Å². The quantitative estimate of drug-likeness (QED) is 0.902. The Bertz CT molecular complexity index is 443. The highest BCUT2D eigenvalue weighted by Crippen LogP contribution is 2.39. The van der Waals surface area contributed by atoms with Gasteiger partial charge >= 0.3 is 6.18 Å². The molecule has 0 spiro atoms. The highest BCUT2D eigenvalue weighted by atomic mass is 35.5. The Morgan fingerprint density at radius 2 is 1.75 bits per heavy atom. The lowest BCUT2D eigenvalue weighted by atomic mass is 9.97. The number of hydrogen-bond donors (Lipinski definition) is 1. The molecule has 0 aromatic heterocycles. The average Bonchev–Trinajstić information content (AvgIpc) is 2.32. The van der Waals surface area contributed by atoms with Crippen LogP contribution in [0.3, 0.4) is 0 Å². The van der Waals surface area contributed by atoms with Gasteiger partial charge in [0, 0.05) is 26.2 Å². The Kier molecular flexibility index (Phi) is 5.86. The van der Waals surface area contributed by atoms with Crippen LogP contribution in [0.15, 0.2) is 18.2 Å². The Labute approximate surface area is 123 Å². The molecule has 0 saturated carbocycles. The lowest BCUT2D eigenvalue weighted by molar-refractivity contribution is -0.188.